The molecule has 0 spiro atoms. The highest BCUT2D eigenvalue weighted by Crippen LogP contribution is 2.25. The maximum atomic E-state index is 11.7. The Morgan fingerprint density at radius 1 is 1.33 bits per heavy atom. The van der Waals surface area contributed by atoms with Gasteiger partial charge in [0.15, 0.2) is 5.76 Å². The second-order valence-electron chi connectivity index (χ2n) is 3.39. The van der Waals surface area contributed by atoms with Crippen molar-refractivity contribution in [2.45, 2.75) is 0 Å². The molecule has 2 N–H and O–H groups in total. The zero-order valence-corrected chi connectivity index (χ0v) is 9.90. The predicted octanol–water partition coefficient (Wildman–Crippen LogP) is 2.75. The molecule has 92 valence electrons. The minimum Gasteiger partial charge on any atom is -0.459 e. The largest absolute Gasteiger partial charge is 0.459 e. The molecule has 0 saturated carbocycles. The lowest BCUT2D eigenvalue weighted by Gasteiger charge is -2.07. The van der Waals surface area contributed by atoms with E-state index in [9.17, 15) is 9.59 Å². The van der Waals surface area contributed by atoms with Crippen LogP contribution >= 0.6 is 11.6 Å². The standard InChI is InChI=1S/C12H9ClN2O3/c13-9-6-8(14-7-16)3-4-10(9)15-12(17)11-2-1-5-18-11/h1-7H,(H,14,16)(H,15,17). The first-order valence-electron chi connectivity index (χ1n) is 5.05. The number of carbonyl (C=O) groups excluding carboxylic acids is 2. The molecule has 5 nitrogen and oxygen atoms in total. The molecular formula is C12H9ClN2O3. The Morgan fingerprint density at radius 3 is 2.78 bits per heavy atom. The highest BCUT2D eigenvalue weighted by atomic mass is 35.5. The summed E-state index contributed by atoms with van der Waals surface area (Å²) in [7, 11) is 0. The van der Waals surface area contributed by atoms with E-state index in [1.807, 2.05) is 0 Å². The molecule has 18 heavy (non-hydrogen) atoms. The van der Waals surface area contributed by atoms with Crippen LogP contribution in [0.4, 0.5) is 11.4 Å². The lowest BCUT2D eigenvalue weighted by Crippen LogP contribution is -2.11. The van der Waals surface area contributed by atoms with Gasteiger partial charge in [-0.2, -0.15) is 0 Å². The van der Waals surface area contributed by atoms with Gasteiger partial charge in [0.25, 0.3) is 5.91 Å². The van der Waals surface area contributed by atoms with E-state index in [0.717, 1.165) is 0 Å². The monoisotopic (exact) mass is 264 g/mol. The number of rotatable bonds is 4. The molecular weight excluding hydrogens is 256 g/mol. The zero-order valence-electron chi connectivity index (χ0n) is 9.14. The summed E-state index contributed by atoms with van der Waals surface area (Å²) in [6, 6.07) is 7.92. The van der Waals surface area contributed by atoms with Crippen LogP contribution in [0.5, 0.6) is 0 Å². The fourth-order valence-electron chi connectivity index (χ4n) is 1.37. The van der Waals surface area contributed by atoms with Crippen molar-refractivity contribution in [3.8, 4) is 0 Å². The quantitative estimate of drug-likeness (QED) is 0.834. The van der Waals surface area contributed by atoms with E-state index < -0.39 is 5.91 Å². The third-order valence-electron chi connectivity index (χ3n) is 2.19. The Morgan fingerprint density at radius 2 is 2.17 bits per heavy atom. The molecule has 0 aliphatic rings. The maximum Gasteiger partial charge on any atom is 0.291 e. The molecule has 6 heteroatoms. The highest BCUT2D eigenvalue weighted by molar-refractivity contribution is 6.34. The number of amides is 2. The van der Waals surface area contributed by atoms with Gasteiger partial charge in [-0.1, -0.05) is 11.6 Å². The van der Waals surface area contributed by atoms with Gasteiger partial charge in [-0.3, -0.25) is 9.59 Å². The Hall–Kier alpha value is -2.27. The van der Waals surface area contributed by atoms with Crippen LogP contribution in [0.1, 0.15) is 10.6 Å². The number of hydrogen-bond acceptors (Lipinski definition) is 3. The van der Waals surface area contributed by atoms with E-state index in [1.165, 1.54) is 12.3 Å². The van der Waals surface area contributed by atoms with Crippen LogP contribution < -0.4 is 10.6 Å². The van der Waals surface area contributed by atoms with Gasteiger partial charge in [0.05, 0.1) is 17.0 Å². The number of carbonyl (C=O) groups is 2. The van der Waals surface area contributed by atoms with Crippen LogP contribution in [0.15, 0.2) is 41.0 Å². The van der Waals surface area contributed by atoms with Gasteiger partial charge in [-0.05, 0) is 30.3 Å². The molecule has 1 heterocycles. The van der Waals surface area contributed by atoms with Crippen molar-refractivity contribution in [3.63, 3.8) is 0 Å². The Kier molecular flexibility index (Phi) is 3.64. The van der Waals surface area contributed by atoms with Crippen molar-refractivity contribution < 1.29 is 14.0 Å². The van der Waals surface area contributed by atoms with Gasteiger partial charge in [0.1, 0.15) is 0 Å². The molecule has 0 unspecified atom stereocenters. The summed E-state index contributed by atoms with van der Waals surface area (Å²) in [6.45, 7) is 0. The Labute approximate surface area is 108 Å². The molecule has 1 aromatic heterocycles. The molecule has 2 aromatic rings. The first kappa shape index (κ1) is 12.2. The van der Waals surface area contributed by atoms with E-state index in [2.05, 4.69) is 10.6 Å². The van der Waals surface area contributed by atoms with Crippen molar-refractivity contribution in [3.05, 3.63) is 47.4 Å². The fraction of sp³-hybridized carbons (Fsp3) is 0. The summed E-state index contributed by atoms with van der Waals surface area (Å²) in [5.74, 6) is -0.195. The van der Waals surface area contributed by atoms with Crippen molar-refractivity contribution >= 4 is 35.3 Å². The van der Waals surface area contributed by atoms with Crippen LogP contribution in [0.2, 0.25) is 5.02 Å². The van der Waals surface area contributed by atoms with Crippen LogP contribution in [0.25, 0.3) is 0 Å². The molecule has 0 aliphatic carbocycles. The van der Waals surface area contributed by atoms with Crippen LogP contribution in [0, 0.1) is 0 Å². The van der Waals surface area contributed by atoms with Gasteiger partial charge in [-0.15, -0.1) is 0 Å². The average Bonchev–Trinajstić information content (AvgIpc) is 2.86. The van der Waals surface area contributed by atoms with Gasteiger partial charge in [0.2, 0.25) is 6.41 Å². The topological polar surface area (TPSA) is 71.3 Å². The Bertz CT molecular complexity index is 567. The summed E-state index contributed by atoms with van der Waals surface area (Å²) >= 11 is 5.97. The number of hydrogen-bond donors (Lipinski definition) is 2. The van der Waals surface area contributed by atoms with Crippen LogP contribution in [-0.4, -0.2) is 12.3 Å². The number of benzene rings is 1. The molecule has 2 amide bonds. The lowest BCUT2D eigenvalue weighted by molar-refractivity contribution is -0.105. The van der Waals surface area contributed by atoms with Crippen molar-refractivity contribution in [2.24, 2.45) is 0 Å². The van der Waals surface area contributed by atoms with Crippen LogP contribution in [0.3, 0.4) is 0 Å². The second-order valence-corrected chi connectivity index (χ2v) is 3.80. The highest BCUT2D eigenvalue weighted by Gasteiger charge is 2.10. The van der Waals surface area contributed by atoms with E-state index >= 15 is 0 Å². The average molecular weight is 265 g/mol. The summed E-state index contributed by atoms with van der Waals surface area (Å²) in [5.41, 5.74) is 0.987. The minimum atomic E-state index is -0.391. The van der Waals surface area contributed by atoms with E-state index in [4.69, 9.17) is 16.0 Å². The zero-order chi connectivity index (χ0) is 13.0. The van der Waals surface area contributed by atoms with Crippen molar-refractivity contribution in [1.82, 2.24) is 0 Å². The minimum absolute atomic E-state index is 0.196. The van der Waals surface area contributed by atoms with Gasteiger partial charge >= 0.3 is 0 Å². The second kappa shape index (κ2) is 5.37. The number of anilines is 2. The van der Waals surface area contributed by atoms with Gasteiger partial charge in [-0.25, -0.2) is 0 Å². The van der Waals surface area contributed by atoms with Crippen LogP contribution in [-0.2, 0) is 4.79 Å². The third-order valence-corrected chi connectivity index (χ3v) is 2.50. The molecule has 0 radical (unpaired) electrons. The summed E-state index contributed by atoms with van der Waals surface area (Å²) in [5, 5.41) is 5.38. The van der Waals surface area contributed by atoms with Crippen molar-refractivity contribution in [2.75, 3.05) is 10.6 Å². The van der Waals surface area contributed by atoms with E-state index in [0.29, 0.717) is 22.8 Å². The predicted molar refractivity (Wildman–Crippen MR) is 67.8 cm³/mol. The third kappa shape index (κ3) is 2.70. The number of nitrogens with one attached hydrogen (secondary N) is 2. The van der Waals surface area contributed by atoms with Crippen molar-refractivity contribution in [1.29, 1.82) is 0 Å². The molecule has 0 aliphatic heterocycles. The van der Waals surface area contributed by atoms with E-state index in [1.54, 1.807) is 24.3 Å². The molecule has 0 bridgehead atoms. The molecule has 2 rings (SSSR count). The molecule has 0 fully saturated rings. The number of halogens is 1. The summed E-state index contributed by atoms with van der Waals surface area (Å²) < 4.78 is 4.96. The first-order chi connectivity index (χ1) is 8.70. The summed E-state index contributed by atoms with van der Waals surface area (Å²) in [6.07, 6.45) is 1.96. The lowest BCUT2D eigenvalue weighted by atomic mass is 10.2. The SMILES string of the molecule is O=CNc1ccc(NC(=O)c2ccco2)c(Cl)c1. The van der Waals surface area contributed by atoms with Gasteiger partial charge in [0, 0.05) is 5.69 Å². The molecule has 1 aromatic carbocycles. The first-order valence-corrected chi connectivity index (χ1v) is 5.43. The molecule has 0 saturated heterocycles. The fourth-order valence-corrected chi connectivity index (χ4v) is 1.59. The van der Waals surface area contributed by atoms with Gasteiger partial charge < -0.3 is 15.1 Å². The number of furan rings is 1. The smallest absolute Gasteiger partial charge is 0.291 e. The maximum absolute atomic E-state index is 11.7. The summed E-state index contributed by atoms with van der Waals surface area (Å²) in [4.78, 5) is 22.0. The normalized spacial score (nSPS) is 9.83. The molecule has 0 atom stereocenters. The van der Waals surface area contributed by atoms with E-state index in [-0.39, 0.29) is 5.76 Å². The Balaban J connectivity index is 2.14.